The van der Waals surface area contributed by atoms with Gasteiger partial charge in [-0.25, -0.2) is 9.97 Å². The number of nitrogens with zero attached hydrogens (tertiary/aromatic N) is 3. The molecular formula is C25H30N4O3. The number of hydrogen-bond donors (Lipinski definition) is 1. The number of aromatic nitrogens is 2. The quantitative estimate of drug-likeness (QED) is 0.528. The Labute approximate surface area is 189 Å². The van der Waals surface area contributed by atoms with Gasteiger partial charge in [0, 0.05) is 37.8 Å². The molecule has 32 heavy (non-hydrogen) atoms. The third-order valence-electron chi connectivity index (χ3n) is 5.38. The summed E-state index contributed by atoms with van der Waals surface area (Å²) in [5.41, 5.74) is 4.32. The van der Waals surface area contributed by atoms with Crippen LogP contribution < -0.4 is 19.5 Å². The van der Waals surface area contributed by atoms with Gasteiger partial charge in [-0.15, -0.1) is 0 Å². The second kappa shape index (κ2) is 10.3. The Morgan fingerprint density at radius 1 is 1.00 bits per heavy atom. The average molecular weight is 435 g/mol. The summed E-state index contributed by atoms with van der Waals surface area (Å²) in [7, 11) is 1.66. The molecule has 1 aromatic heterocycles. The molecule has 0 spiro atoms. The fourth-order valence-corrected chi connectivity index (χ4v) is 3.89. The number of rotatable bonds is 9. The van der Waals surface area contributed by atoms with Gasteiger partial charge in [0.15, 0.2) is 11.5 Å². The summed E-state index contributed by atoms with van der Waals surface area (Å²) in [6.45, 7) is 7.80. The van der Waals surface area contributed by atoms with E-state index in [1.54, 1.807) is 7.11 Å². The van der Waals surface area contributed by atoms with Crippen LogP contribution in [0.3, 0.4) is 0 Å². The van der Waals surface area contributed by atoms with Crippen LogP contribution in [-0.4, -0.2) is 41.7 Å². The van der Waals surface area contributed by atoms with Crippen LogP contribution in [0.1, 0.15) is 30.7 Å². The summed E-state index contributed by atoms with van der Waals surface area (Å²) in [6.07, 6.45) is 2.81. The van der Waals surface area contributed by atoms with E-state index in [4.69, 9.17) is 19.2 Å². The lowest BCUT2D eigenvalue weighted by molar-refractivity contribution is 0.241. The molecule has 168 valence electrons. The minimum absolute atomic E-state index is 0.592. The summed E-state index contributed by atoms with van der Waals surface area (Å²) in [4.78, 5) is 11.7. The van der Waals surface area contributed by atoms with Crippen molar-refractivity contribution in [3.8, 4) is 17.2 Å². The number of para-hydroxylation sites is 2. The highest BCUT2D eigenvalue weighted by molar-refractivity contribution is 5.62. The zero-order valence-electron chi connectivity index (χ0n) is 18.9. The molecule has 7 heteroatoms. The predicted octanol–water partition coefficient (Wildman–Crippen LogP) is 4.58. The van der Waals surface area contributed by atoms with Gasteiger partial charge in [0.2, 0.25) is 5.95 Å². The first-order chi connectivity index (χ1) is 15.7. The number of fused-ring (bicyclic) bond motifs is 1. The lowest BCUT2D eigenvalue weighted by Crippen LogP contribution is -2.31. The summed E-state index contributed by atoms with van der Waals surface area (Å²) in [5, 5.41) is 3.27. The molecule has 0 fully saturated rings. The van der Waals surface area contributed by atoms with Crippen LogP contribution in [0.4, 0.5) is 11.6 Å². The number of benzene rings is 2. The molecule has 3 aromatic rings. The second-order valence-corrected chi connectivity index (χ2v) is 7.60. The van der Waals surface area contributed by atoms with E-state index in [9.17, 15) is 0 Å². The maximum Gasteiger partial charge on any atom is 0.227 e. The lowest BCUT2D eigenvalue weighted by Gasteiger charge is -2.28. The largest absolute Gasteiger partial charge is 0.495 e. The molecule has 0 saturated carbocycles. The molecule has 0 unspecified atom stereocenters. The van der Waals surface area contributed by atoms with Crippen molar-refractivity contribution in [1.82, 2.24) is 14.9 Å². The lowest BCUT2D eigenvalue weighted by atomic mass is 10.1. The maximum atomic E-state index is 5.77. The van der Waals surface area contributed by atoms with Gasteiger partial charge in [-0.05, 0) is 43.7 Å². The Bertz CT molecular complexity index is 1060. The molecule has 0 amide bonds. The van der Waals surface area contributed by atoms with Crippen molar-refractivity contribution in [3.63, 3.8) is 0 Å². The van der Waals surface area contributed by atoms with E-state index in [1.807, 2.05) is 50.4 Å². The topological polar surface area (TPSA) is 68.7 Å². The highest BCUT2D eigenvalue weighted by Gasteiger charge is 2.19. The van der Waals surface area contributed by atoms with Crippen LogP contribution in [0.5, 0.6) is 17.2 Å². The van der Waals surface area contributed by atoms with Gasteiger partial charge in [0.1, 0.15) is 5.75 Å². The van der Waals surface area contributed by atoms with E-state index in [0.29, 0.717) is 19.2 Å². The van der Waals surface area contributed by atoms with Crippen molar-refractivity contribution in [2.45, 2.75) is 33.4 Å². The first kappa shape index (κ1) is 21.9. The van der Waals surface area contributed by atoms with Crippen molar-refractivity contribution in [1.29, 1.82) is 0 Å². The number of methoxy groups -OCH3 is 1. The molecule has 2 heterocycles. The zero-order chi connectivity index (χ0) is 22.3. The Morgan fingerprint density at radius 3 is 2.62 bits per heavy atom. The molecule has 4 rings (SSSR count). The Kier molecular flexibility index (Phi) is 7.07. The van der Waals surface area contributed by atoms with E-state index >= 15 is 0 Å². The maximum absolute atomic E-state index is 5.77. The molecule has 0 aliphatic carbocycles. The van der Waals surface area contributed by atoms with E-state index in [0.717, 1.165) is 60.2 Å². The van der Waals surface area contributed by atoms with Crippen LogP contribution in [0.25, 0.3) is 0 Å². The Balaban J connectivity index is 1.43. The molecule has 0 saturated heterocycles. The van der Waals surface area contributed by atoms with Gasteiger partial charge >= 0.3 is 0 Å². The van der Waals surface area contributed by atoms with Gasteiger partial charge < -0.3 is 19.5 Å². The first-order valence-electron chi connectivity index (χ1n) is 11.1. The summed E-state index contributed by atoms with van der Waals surface area (Å²) >= 11 is 0. The minimum atomic E-state index is 0.592. The monoisotopic (exact) mass is 434 g/mol. The van der Waals surface area contributed by atoms with Gasteiger partial charge in [0.25, 0.3) is 0 Å². The number of ether oxygens (including phenoxy) is 3. The third-order valence-corrected chi connectivity index (χ3v) is 5.38. The summed E-state index contributed by atoms with van der Waals surface area (Å²) in [6, 6.07) is 14.0. The predicted molar refractivity (Wildman–Crippen MR) is 125 cm³/mol. The van der Waals surface area contributed by atoms with Crippen LogP contribution >= 0.6 is 0 Å². The fourth-order valence-electron chi connectivity index (χ4n) is 3.89. The molecule has 1 aliphatic heterocycles. The molecule has 0 bridgehead atoms. The minimum Gasteiger partial charge on any atom is -0.495 e. The highest BCUT2D eigenvalue weighted by atomic mass is 16.5. The Hall–Kier alpha value is -3.32. The molecule has 0 radical (unpaired) electrons. The van der Waals surface area contributed by atoms with E-state index in [1.165, 1.54) is 5.56 Å². The number of anilines is 2. The van der Waals surface area contributed by atoms with Crippen molar-refractivity contribution in [2.75, 3.05) is 32.2 Å². The molecule has 2 aromatic carbocycles. The number of nitrogens with one attached hydrogen (secondary N) is 1. The Morgan fingerprint density at radius 2 is 1.81 bits per heavy atom. The fraction of sp³-hybridized carbons (Fsp3) is 0.360. The molecule has 1 N–H and O–H groups in total. The summed E-state index contributed by atoms with van der Waals surface area (Å²) in [5.74, 6) is 2.96. The van der Waals surface area contributed by atoms with Gasteiger partial charge in [-0.1, -0.05) is 18.2 Å². The smallest absolute Gasteiger partial charge is 0.227 e. The van der Waals surface area contributed by atoms with Crippen LogP contribution in [0.2, 0.25) is 0 Å². The van der Waals surface area contributed by atoms with Gasteiger partial charge in [-0.3, -0.25) is 4.90 Å². The SMILES string of the molecule is CCOc1ccc(CN2CCc3nc(Nc4ccccc4OC)ncc3C2)cc1OCC. The molecule has 7 nitrogen and oxygen atoms in total. The van der Waals surface area contributed by atoms with Crippen molar-refractivity contribution >= 4 is 11.6 Å². The molecule has 1 aliphatic rings. The van der Waals surface area contributed by atoms with Crippen molar-refractivity contribution in [2.24, 2.45) is 0 Å². The van der Waals surface area contributed by atoms with Crippen molar-refractivity contribution < 1.29 is 14.2 Å². The standard InChI is InChI=1S/C25H30N4O3/c1-4-31-23-11-10-18(14-24(23)32-5-2)16-29-13-12-20-19(17-29)15-26-25(27-20)28-21-8-6-7-9-22(21)30-3/h6-11,14-15H,4-5,12-13,16-17H2,1-3H3,(H,26,27,28). The van der Waals surface area contributed by atoms with E-state index < -0.39 is 0 Å². The highest BCUT2D eigenvalue weighted by Crippen LogP contribution is 2.30. The van der Waals surface area contributed by atoms with Gasteiger partial charge in [0.05, 0.1) is 31.7 Å². The van der Waals surface area contributed by atoms with Gasteiger partial charge in [-0.2, -0.15) is 0 Å². The first-order valence-corrected chi connectivity index (χ1v) is 11.1. The zero-order valence-corrected chi connectivity index (χ0v) is 18.9. The van der Waals surface area contributed by atoms with Crippen LogP contribution in [-0.2, 0) is 19.5 Å². The second-order valence-electron chi connectivity index (χ2n) is 7.60. The average Bonchev–Trinajstić information content (AvgIpc) is 2.81. The van der Waals surface area contributed by atoms with E-state index in [-0.39, 0.29) is 0 Å². The van der Waals surface area contributed by atoms with Crippen molar-refractivity contribution in [3.05, 3.63) is 65.5 Å². The number of hydrogen-bond acceptors (Lipinski definition) is 7. The van der Waals surface area contributed by atoms with E-state index in [2.05, 4.69) is 27.3 Å². The third kappa shape index (κ3) is 5.11. The normalized spacial score (nSPS) is 13.3. The van der Waals surface area contributed by atoms with Crippen LogP contribution in [0.15, 0.2) is 48.7 Å². The molecular weight excluding hydrogens is 404 g/mol. The molecule has 0 atom stereocenters. The van der Waals surface area contributed by atoms with Crippen LogP contribution in [0, 0.1) is 0 Å². The summed E-state index contributed by atoms with van der Waals surface area (Å²) < 4.78 is 16.9.